The summed E-state index contributed by atoms with van der Waals surface area (Å²) < 4.78 is 7.15. The quantitative estimate of drug-likeness (QED) is 0.461. The number of amides is 1. The van der Waals surface area contributed by atoms with Gasteiger partial charge in [0.25, 0.3) is 11.5 Å². The summed E-state index contributed by atoms with van der Waals surface area (Å²) in [6, 6.07) is 26.8. The maximum atomic E-state index is 13.3. The van der Waals surface area contributed by atoms with Gasteiger partial charge in [0, 0.05) is 11.9 Å². The smallest absolute Gasteiger partial charge is 0.263 e. The normalized spacial score (nSPS) is 14.5. The minimum absolute atomic E-state index is 0.111. The van der Waals surface area contributed by atoms with Crippen LogP contribution in [0.25, 0.3) is 11.1 Å². The minimum atomic E-state index is -0.411. The lowest BCUT2D eigenvalue weighted by Gasteiger charge is -2.17. The first-order valence-corrected chi connectivity index (χ1v) is 11.0. The predicted octanol–water partition coefficient (Wildman–Crippen LogP) is 5.31. The van der Waals surface area contributed by atoms with E-state index in [0.717, 1.165) is 40.8 Å². The molecule has 3 aromatic carbocycles. The summed E-state index contributed by atoms with van der Waals surface area (Å²) in [6.07, 6.45) is 3.38. The number of aromatic nitrogens is 1. The monoisotopic (exact) mass is 436 g/mol. The van der Waals surface area contributed by atoms with E-state index in [9.17, 15) is 9.59 Å². The van der Waals surface area contributed by atoms with Crippen molar-refractivity contribution in [2.75, 3.05) is 12.4 Å². The van der Waals surface area contributed by atoms with Gasteiger partial charge >= 0.3 is 0 Å². The first-order valence-electron chi connectivity index (χ1n) is 11.0. The summed E-state index contributed by atoms with van der Waals surface area (Å²) in [4.78, 5) is 26.2. The SMILES string of the molecule is COc1cccc2c1CCC2n1cccc(C(=O)Nc2ccc(-c3ccccc3)cc2)c1=O. The third-order valence-electron chi connectivity index (χ3n) is 6.22. The summed E-state index contributed by atoms with van der Waals surface area (Å²) in [5.41, 5.74) is 4.85. The fraction of sp³-hybridized carbons (Fsp3) is 0.143. The van der Waals surface area contributed by atoms with Crippen LogP contribution in [0.1, 0.15) is 33.9 Å². The maximum Gasteiger partial charge on any atom is 0.263 e. The van der Waals surface area contributed by atoms with Gasteiger partial charge in [-0.25, -0.2) is 0 Å². The number of anilines is 1. The Bertz CT molecular complexity index is 1360. The van der Waals surface area contributed by atoms with Crippen LogP contribution in [0.3, 0.4) is 0 Å². The van der Waals surface area contributed by atoms with Crippen LogP contribution in [-0.4, -0.2) is 17.6 Å². The van der Waals surface area contributed by atoms with Gasteiger partial charge in [-0.2, -0.15) is 0 Å². The molecule has 4 aromatic rings. The number of carbonyl (C=O) groups excluding carboxylic acids is 1. The first kappa shape index (κ1) is 20.8. The Morgan fingerprint density at radius 3 is 2.42 bits per heavy atom. The highest BCUT2D eigenvalue weighted by molar-refractivity contribution is 6.04. The van der Waals surface area contributed by atoms with Gasteiger partial charge < -0.3 is 14.6 Å². The number of fused-ring (bicyclic) bond motifs is 1. The van der Waals surface area contributed by atoms with Crippen LogP contribution >= 0.6 is 0 Å². The van der Waals surface area contributed by atoms with Crippen LogP contribution in [-0.2, 0) is 6.42 Å². The molecule has 1 heterocycles. The van der Waals surface area contributed by atoms with E-state index in [1.165, 1.54) is 0 Å². The Balaban J connectivity index is 1.39. The Labute approximate surface area is 192 Å². The van der Waals surface area contributed by atoms with Gasteiger partial charge in [0.2, 0.25) is 0 Å². The summed E-state index contributed by atoms with van der Waals surface area (Å²) in [5, 5.41) is 2.86. The van der Waals surface area contributed by atoms with Gasteiger partial charge in [-0.05, 0) is 65.4 Å². The summed E-state index contributed by atoms with van der Waals surface area (Å²) in [5.74, 6) is 0.432. The molecule has 0 aliphatic heterocycles. The Hall–Kier alpha value is -4.12. The lowest BCUT2D eigenvalue weighted by Crippen LogP contribution is -2.30. The molecule has 164 valence electrons. The third kappa shape index (κ3) is 3.94. The van der Waals surface area contributed by atoms with Gasteiger partial charge in [0.1, 0.15) is 11.3 Å². The van der Waals surface area contributed by atoms with Crippen molar-refractivity contribution < 1.29 is 9.53 Å². The van der Waals surface area contributed by atoms with E-state index in [2.05, 4.69) is 5.32 Å². The zero-order valence-electron chi connectivity index (χ0n) is 18.3. The third-order valence-corrected chi connectivity index (χ3v) is 6.22. The molecule has 0 radical (unpaired) electrons. The van der Waals surface area contributed by atoms with Crippen molar-refractivity contribution in [2.24, 2.45) is 0 Å². The van der Waals surface area contributed by atoms with Crippen molar-refractivity contribution in [1.29, 1.82) is 0 Å². The van der Waals surface area contributed by atoms with Crippen molar-refractivity contribution in [3.05, 3.63) is 118 Å². The van der Waals surface area contributed by atoms with Crippen LogP contribution in [0.15, 0.2) is 95.9 Å². The van der Waals surface area contributed by atoms with Gasteiger partial charge in [-0.15, -0.1) is 0 Å². The standard InChI is InChI=1S/C28H24N2O3/c1-33-26-11-5-9-22-23(26)16-17-25(22)30-18-6-10-24(28(30)32)27(31)29-21-14-12-20(13-15-21)19-7-3-2-4-8-19/h2-15,18,25H,16-17H2,1H3,(H,29,31). The average molecular weight is 437 g/mol. The molecule has 1 unspecified atom stereocenters. The number of nitrogens with one attached hydrogen (secondary N) is 1. The summed E-state index contributed by atoms with van der Waals surface area (Å²) in [7, 11) is 1.66. The highest BCUT2D eigenvalue weighted by Gasteiger charge is 2.28. The molecule has 0 saturated heterocycles. The highest BCUT2D eigenvalue weighted by atomic mass is 16.5. The van der Waals surface area contributed by atoms with E-state index in [1.54, 1.807) is 30.0 Å². The maximum absolute atomic E-state index is 13.3. The lowest BCUT2D eigenvalue weighted by molar-refractivity contribution is 0.102. The lowest BCUT2D eigenvalue weighted by atomic mass is 10.1. The van der Waals surface area contributed by atoms with E-state index in [-0.39, 0.29) is 17.2 Å². The molecule has 0 bridgehead atoms. The molecule has 1 N–H and O–H groups in total. The van der Waals surface area contributed by atoms with E-state index in [4.69, 9.17) is 4.74 Å². The highest BCUT2D eigenvalue weighted by Crippen LogP contribution is 2.38. The number of benzene rings is 3. The van der Waals surface area contributed by atoms with Crippen molar-refractivity contribution in [1.82, 2.24) is 4.57 Å². The topological polar surface area (TPSA) is 60.3 Å². The van der Waals surface area contributed by atoms with E-state index < -0.39 is 5.91 Å². The Morgan fingerprint density at radius 2 is 1.67 bits per heavy atom. The predicted molar refractivity (Wildman–Crippen MR) is 130 cm³/mol. The molecule has 1 aromatic heterocycles. The second-order valence-electron chi connectivity index (χ2n) is 8.11. The molecule has 5 rings (SSSR count). The molecular formula is C28H24N2O3. The number of pyridine rings is 1. The van der Waals surface area contributed by atoms with Crippen LogP contribution in [0.5, 0.6) is 5.75 Å². The molecule has 1 aliphatic carbocycles. The number of methoxy groups -OCH3 is 1. The number of nitrogens with zero attached hydrogens (tertiary/aromatic N) is 1. The van der Waals surface area contributed by atoms with Crippen molar-refractivity contribution in [3.63, 3.8) is 0 Å². The van der Waals surface area contributed by atoms with E-state index >= 15 is 0 Å². The molecule has 1 amide bonds. The molecule has 5 heteroatoms. The molecule has 33 heavy (non-hydrogen) atoms. The van der Waals surface area contributed by atoms with E-state index in [1.807, 2.05) is 72.8 Å². The second-order valence-corrected chi connectivity index (χ2v) is 8.11. The number of ether oxygens (including phenoxy) is 1. The fourth-order valence-electron chi connectivity index (χ4n) is 4.58. The van der Waals surface area contributed by atoms with Gasteiger partial charge in [0.05, 0.1) is 13.2 Å². The van der Waals surface area contributed by atoms with Crippen LogP contribution < -0.4 is 15.6 Å². The molecular weight excluding hydrogens is 412 g/mol. The Morgan fingerprint density at radius 1 is 0.909 bits per heavy atom. The molecule has 0 spiro atoms. The summed E-state index contributed by atoms with van der Waals surface area (Å²) in [6.45, 7) is 0. The Kier molecular flexibility index (Phi) is 5.53. The molecule has 1 atom stereocenters. The number of carbonyl (C=O) groups is 1. The van der Waals surface area contributed by atoms with Gasteiger partial charge in [-0.3, -0.25) is 9.59 Å². The van der Waals surface area contributed by atoms with Crippen molar-refractivity contribution >= 4 is 11.6 Å². The van der Waals surface area contributed by atoms with Gasteiger partial charge in [0.15, 0.2) is 0 Å². The zero-order valence-corrected chi connectivity index (χ0v) is 18.3. The molecule has 1 aliphatic rings. The van der Waals surface area contributed by atoms with Gasteiger partial charge in [-0.1, -0.05) is 54.6 Å². The molecule has 0 fully saturated rings. The van der Waals surface area contributed by atoms with Crippen LogP contribution in [0.4, 0.5) is 5.69 Å². The zero-order chi connectivity index (χ0) is 22.8. The number of rotatable bonds is 5. The first-order chi connectivity index (χ1) is 16.2. The average Bonchev–Trinajstić information content (AvgIpc) is 3.29. The van der Waals surface area contributed by atoms with Crippen LogP contribution in [0, 0.1) is 0 Å². The molecule has 0 saturated carbocycles. The van der Waals surface area contributed by atoms with E-state index in [0.29, 0.717) is 5.69 Å². The fourth-order valence-corrected chi connectivity index (χ4v) is 4.58. The largest absolute Gasteiger partial charge is 0.496 e. The number of hydrogen-bond donors (Lipinski definition) is 1. The molecule has 5 nitrogen and oxygen atoms in total. The second kappa shape index (κ2) is 8.79. The van der Waals surface area contributed by atoms with Crippen molar-refractivity contribution in [3.8, 4) is 16.9 Å². The number of hydrogen-bond acceptors (Lipinski definition) is 3. The summed E-state index contributed by atoms with van der Waals surface area (Å²) >= 11 is 0. The minimum Gasteiger partial charge on any atom is -0.496 e. The van der Waals surface area contributed by atoms with Crippen LogP contribution in [0.2, 0.25) is 0 Å². The van der Waals surface area contributed by atoms with Crippen molar-refractivity contribution in [2.45, 2.75) is 18.9 Å².